The van der Waals surface area contributed by atoms with E-state index in [0.717, 1.165) is 67.7 Å². The number of aryl methyl sites for hydroxylation is 1. The van der Waals surface area contributed by atoms with Crippen LogP contribution < -0.4 is 10.1 Å². The number of nitrogens with one attached hydrogen (secondary N) is 1. The third-order valence-electron chi connectivity index (χ3n) is 5.99. The van der Waals surface area contributed by atoms with E-state index in [1.54, 1.807) is 0 Å². The van der Waals surface area contributed by atoms with Crippen LogP contribution in [0.2, 0.25) is 5.02 Å². The molecule has 164 valence electrons. The number of unbranched alkanes of at least 4 members (excludes halogenated alkanes) is 1. The minimum Gasteiger partial charge on any atom is -0.494 e. The lowest BCUT2D eigenvalue weighted by Gasteiger charge is -2.20. The Kier molecular flexibility index (Phi) is 7.47. The molecule has 2 aromatic carbocycles. The second-order valence-corrected chi connectivity index (χ2v) is 8.67. The van der Waals surface area contributed by atoms with Crippen LogP contribution in [0.5, 0.6) is 5.75 Å². The zero-order valence-electron chi connectivity index (χ0n) is 17.9. The molecular weight excluding hydrogens is 410 g/mol. The van der Waals surface area contributed by atoms with E-state index in [0.29, 0.717) is 18.2 Å². The molecule has 6 heteroatoms. The van der Waals surface area contributed by atoms with Crippen LogP contribution >= 0.6 is 11.6 Å². The molecule has 1 heterocycles. The van der Waals surface area contributed by atoms with Gasteiger partial charge in [-0.15, -0.1) is 0 Å². The molecule has 1 fully saturated rings. The number of hydrogen-bond donors (Lipinski definition) is 1. The summed E-state index contributed by atoms with van der Waals surface area (Å²) >= 11 is 5.91. The van der Waals surface area contributed by atoms with Gasteiger partial charge < -0.3 is 14.6 Å². The molecule has 0 bridgehead atoms. The minimum absolute atomic E-state index is 0.164. The lowest BCUT2D eigenvalue weighted by atomic mass is 9.89. The quantitative estimate of drug-likeness (QED) is 0.432. The van der Waals surface area contributed by atoms with Crippen molar-refractivity contribution in [3.8, 4) is 5.75 Å². The van der Waals surface area contributed by atoms with Crippen molar-refractivity contribution in [2.75, 3.05) is 6.61 Å². The Bertz CT molecular complexity index is 994. The summed E-state index contributed by atoms with van der Waals surface area (Å²) in [5.41, 5.74) is 2.09. The number of para-hydroxylation sites is 2. The van der Waals surface area contributed by atoms with E-state index in [2.05, 4.69) is 16.0 Å². The molecule has 0 spiro atoms. The SMILES string of the molecule is O=C(NCc1nc2ccccc2n1CCCCOc1ccc(Cl)cc1)C1CCCCC1. The topological polar surface area (TPSA) is 56.2 Å². The fraction of sp³-hybridized carbons (Fsp3) is 0.440. The number of carbonyl (C=O) groups excluding carboxylic acids is 1. The first-order valence-corrected chi connectivity index (χ1v) is 11.7. The maximum Gasteiger partial charge on any atom is 0.223 e. The molecule has 0 radical (unpaired) electrons. The van der Waals surface area contributed by atoms with Crippen LogP contribution in [0.4, 0.5) is 0 Å². The van der Waals surface area contributed by atoms with E-state index in [1.807, 2.05) is 42.5 Å². The van der Waals surface area contributed by atoms with Crippen molar-refractivity contribution in [1.82, 2.24) is 14.9 Å². The standard InChI is InChI=1S/C25H30ClN3O2/c26-20-12-14-21(15-13-20)31-17-7-6-16-29-23-11-5-4-10-22(23)28-24(29)18-27-25(30)19-8-2-1-3-9-19/h4-5,10-15,19H,1-3,6-9,16-18H2,(H,27,30). The maximum absolute atomic E-state index is 12.6. The van der Waals surface area contributed by atoms with E-state index >= 15 is 0 Å². The van der Waals surface area contributed by atoms with Crippen LogP contribution in [0.3, 0.4) is 0 Å². The van der Waals surface area contributed by atoms with Gasteiger partial charge in [0.1, 0.15) is 11.6 Å². The van der Waals surface area contributed by atoms with Gasteiger partial charge in [0.2, 0.25) is 5.91 Å². The van der Waals surface area contributed by atoms with E-state index in [1.165, 1.54) is 6.42 Å². The molecule has 1 aliphatic rings. The molecule has 1 saturated carbocycles. The fourth-order valence-corrected chi connectivity index (χ4v) is 4.40. The van der Waals surface area contributed by atoms with Gasteiger partial charge in [-0.05, 0) is 62.1 Å². The normalized spacial score (nSPS) is 14.6. The Balaban J connectivity index is 1.33. The van der Waals surface area contributed by atoms with Crippen LogP contribution in [-0.4, -0.2) is 22.1 Å². The number of carbonyl (C=O) groups is 1. The fourth-order valence-electron chi connectivity index (χ4n) is 4.28. The highest BCUT2D eigenvalue weighted by Gasteiger charge is 2.21. The van der Waals surface area contributed by atoms with E-state index in [-0.39, 0.29) is 11.8 Å². The average molecular weight is 440 g/mol. The Hall–Kier alpha value is -2.53. The summed E-state index contributed by atoms with van der Waals surface area (Å²) in [6.07, 6.45) is 7.50. The van der Waals surface area contributed by atoms with Crippen molar-refractivity contribution in [3.63, 3.8) is 0 Å². The summed E-state index contributed by atoms with van der Waals surface area (Å²) < 4.78 is 8.04. The van der Waals surface area contributed by atoms with Gasteiger partial charge in [-0.25, -0.2) is 4.98 Å². The van der Waals surface area contributed by atoms with Crippen molar-refractivity contribution >= 4 is 28.5 Å². The van der Waals surface area contributed by atoms with Crippen molar-refractivity contribution in [3.05, 3.63) is 59.4 Å². The van der Waals surface area contributed by atoms with Crippen molar-refractivity contribution in [2.24, 2.45) is 5.92 Å². The minimum atomic E-state index is 0.164. The summed E-state index contributed by atoms with van der Waals surface area (Å²) in [7, 11) is 0. The van der Waals surface area contributed by atoms with Crippen molar-refractivity contribution in [1.29, 1.82) is 0 Å². The van der Waals surface area contributed by atoms with E-state index < -0.39 is 0 Å². The van der Waals surface area contributed by atoms with Crippen LogP contribution in [0.1, 0.15) is 50.8 Å². The number of amides is 1. The number of imidazole rings is 1. The smallest absolute Gasteiger partial charge is 0.223 e. The van der Waals surface area contributed by atoms with E-state index in [4.69, 9.17) is 21.3 Å². The lowest BCUT2D eigenvalue weighted by Crippen LogP contribution is -2.32. The number of rotatable bonds is 9. The monoisotopic (exact) mass is 439 g/mol. The average Bonchev–Trinajstić information content (AvgIpc) is 3.16. The van der Waals surface area contributed by atoms with Gasteiger partial charge in [0, 0.05) is 17.5 Å². The molecule has 0 aliphatic heterocycles. The molecule has 0 saturated heterocycles. The second-order valence-electron chi connectivity index (χ2n) is 8.23. The van der Waals surface area contributed by atoms with Gasteiger partial charge >= 0.3 is 0 Å². The number of fused-ring (bicyclic) bond motifs is 1. The Labute approximate surface area is 188 Å². The first kappa shape index (κ1) is 21.7. The molecule has 0 atom stereocenters. The number of aromatic nitrogens is 2. The zero-order valence-corrected chi connectivity index (χ0v) is 18.6. The Morgan fingerprint density at radius 3 is 2.65 bits per heavy atom. The second kappa shape index (κ2) is 10.7. The summed E-state index contributed by atoms with van der Waals surface area (Å²) in [6.45, 7) is 1.98. The molecule has 1 aromatic heterocycles. The first-order chi connectivity index (χ1) is 15.2. The summed E-state index contributed by atoms with van der Waals surface area (Å²) in [5, 5.41) is 3.85. The molecule has 31 heavy (non-hydrogen) atoms. The highest BCUT2D eigenvalue weighted by Crippen LogP contribution is 2.24. The molecule has 1 aliphatic carbocycles. The predicted molar refractivity (Wildman–Crippen MR) is 124 cm³/mol. The van der Waals surface area contributed by atoms with Gasteiger partial charge in [-0.2, -0.15) is 0 Å². The predicted octanol–water partition coefficient (Wildman–Crippen LogP) is 5.75. The van der Waals surface area contributed by atoms with Crippen molar-refractivity contribution in [2.45, 2.75) is 58.0 Å². The van der Waals surface area contributed by atoms with Crippen LogP contribution in [0.15, 0.2) is 48.5 Å². The van der Waals surface area contributed by atoms with Gasteiger partial charge in [0.25, 0.3) is 0 Å². The molecular formula is C25H30ClN3O2. The largest absolute Gasteiger partial charge is 0.494 e. The third kappa shape index (κ3) is 5.79. The molecule has 1 amide bonds. The highest BCUT2D eigenvalue weighted by molar-refractivity contribution is 6.30. The number of ether oxygens (including phenoxy) is 1. The molecule has 4 rings (SSSR count). The number of hydrogen-bond acceptors (Lipinski definition) is 3. The van der Waals surface area contributed by atoms with Gasteiger partial charge in [0.15, 0.2) is 0 Å². The van der Waals surface area contributed by atoms with Gasteiger partial charge in [0.05, 0.1) is 24.2 Å². The molecule has 1 N–H and O–H groups in total. The molecule has 5 nitrogen and oxygen atoms in total. The first-order valence-electron chi connectivity index (χ1n) is 11.3. The Morgan fingerprint density at radius 1 is 1.06 bits per heavy atom. The summed E-state index contributed by atoms with van der Waals surface area (Å²) in [6, 6.07) is 15.6. The van der Waals surface area contributed by atoms with Gasteiger partial charge in [-0.3, -0.25) is 4.79 Å². The maximum atomic E-state index is 12.6. The Morgan fingerprint density at radius 2 is 1.84 bits per heavy atom. The molecule has 3 aromatic rings. The van der Waals surface area contributed by atoms with Gasteiger partial charge in [-0.1, -0.05) is 43.0 Å². The number of nitrogens with zero attached hydrogens (tertiary/aromatic N) is 2. The van der Waals surface area contributed by atoms with Crippen molar-refractivity contribution < 1.29 is 9.53 Å². The van der Waals surface area contributed by atoms with Crippen LogP contribution in [0.25, 0.3) is 11.0 Å². The summed E-state index contributed by atoms with van der Waals surface area (Å²) in [5.74, 6) is 2.10. The zero-order chi connectivity index (χ0) is 21.5. The van der Waals surface area contributed by atoms with Crippen LogP contribution in [0, 0.1) is 5.92 Å². The molecule has 0 unspecified atom stereocenters. The highest BCUT2D eigenvalue weighted by atomic mass is 35.5. The lowest BCUT2D eigenvalue weighted by molar-refractivity contribution is -0.126. The number of benzene rings is 2. The van der Waals surface area contributed by atoms with E-state index in [9.17, 15) is 4.79 Å². The third-order valence-corrected chi connectivity index (χ3v) is 6.24. The van der Waals surface area contributed by atoms with Crippen LogP contribution in [-0.2, 0) is 17.9 Å². The number of halogens is 1. The summed E-state index contributed by atoms with van der Waals surface area (Å²) in [4.78, 5) is 17.4.